The van der Waals surface area contributed by atoms with Crippen molar-refractivity contribution in [2.75, 3.05) is 18.4 Å². The molecule has 6 heteroatoms. The minimum atomic E-state index is 0.157. The number of hydrogen-bond acceptors (Lipinski definition) is 4. The van der Waals surface area contributed by atoms with Crippen molar-refractivity contribution >= 4 is 33.5 Å². The number of anilines is 1. The van der Waals surface area contributed by atoms with Crippen LogP contribution in [-0.4, -0.2) is 44.5 Å². The molecule has 1 amide bonds. The predicted octanol–water partition coefficient (Wildman–Crippen LogP) is 5.72. The number of nitrogens with zero attached hydrogens (tertiary/aromatic N) is 4. The van der Waals surface area contributed by atoms with Crippen LogP contribution in [-0.2, 0) is 11.3 Å². The molecule has 6 rings (SSSR count). The molecule has 1 N–H and O–H groups in total. The van der Waals surface area contributed by atoms with Gasteiger partial charge in [-0.15, -0.1) is 0 Å². The molecule has 6 nitrogen and oxygen atoms in total. The summed E-state index contributed by atoms with van der Waals surface area (Å²) < 4.78 is 2.29. The number of carbonyl (C=O) groups is 1. The largest absolute Gasteiger partial charge is 0.382 e. The van der Waals surface area contributed by atoms with Crippen molar-refractivity contribution in [3.63, 3.8) is 0 Å². The Bertz CT molecular complexity index is 1530. The van der Waals surface area contributed by atoms with Gasteiger partial charge in [-0.1, -0.05) is 36.4 Å². The zero-order chi connectivity index (χ0) is 24.5. The maximum absolute atomic E-state index is 11.7. The molecule has 0 radical (unpaired) electrons. The number of fused-ring (bicyclic) bond motifs is 2. The summed E-state index contributed by atoms with van der Waals surface area (Å²) in [5.41, 5.74) is 7.51. The molecule has 0 unspecified atom stereocenters. The van der Waals surface area contributed by atoms with Gasteiger partial charge in [0.05, 0.1) is 11.0 Å². The Kier molecular flexibility index (Phi) is 5.85. The van der Waals surface area contributed by atoms with Crippen LogP contribution in [0, 0.1) is 0 Å². The Hall–Kier alpha value is -4.19. The highest BCUT2D eigenvalue weighted by Gasteiger charge is 2.21. The Balaban J connectivity index is 1.32. The van der Waals surface area contributed by atoms with E-state index in [-0.39, 0.29) is 5.91 Å². The highest BCUT2D eigenvalue weighted by molar-refractivity contribution is 5.97. The van der Waals surface area contributed by atoms with E-state index in [9.17, 15) is 4.79 Å². The van der Waals surface area contributed by atoms with Crippen LogP contribution in [0.5, 0.6) is 0 Å². The lowest BCUT2D eigenvalue weighted by Crippen LogP contribution is -2.41. The van der Waals surface area contributed by atoms with E-state index in [0.29, 0.717) is 6.04 Å². The van der Waals surface area contributed by atoms with Crippen molar-refractivity contribution in [3.05, 3.63) is 90.9 Å². The van der Waals surface area contributed by atoms with Crippen molar-refractivity contribution < 1.29 is 4.79 Å². The minimum absolute atomic E-state index is 0.157. The van der Waals surface area contributed by atoms with Crippen molar-refractivity contribution in [2.45, 2.75) is 32.4 Å². The molecule has 3 aromatic carbocycles. The molecular formula is C30H29N5O. The summed E-state index contributed by atoms with van der Waals surface area (Å²) in [5, 5.41) is 4.91. The number of hydrogen-bond donors (Lipinski definition) is 1. The maximum atomic E-state index is 11.7. The summed E-state index contributed by atoms with van der Waals surface area (Å²) >= 11 is 0. The Morgan fingerprint density at radius 2 is 1.78 bits per heavy atom. The molecule has 1 aliphatic rings. The van der Waals surface area contributed by atoms with Gasteiger partial charge in [0.25, 0.3) is 0 Å². The van der Waals surface area contributed by atoms with Crippen LogP contribution < -0.4 is 5.32 Å². The topological polar surface area (TPSA) is 63.1 Å². The van der Waals surface area contributed by atoms with Crippen LogP contribution in [0.25, 0.3) is 33.1 Å². The highest BCUT2D eigenvalue weighted by Crippen LogP contribution is 2.33. The maximum Gasteiger partial charge on any atom is 0.219 e. The molecule has 0 spiro atoms. The molecule has 1 saturated heterocycles. The van der Waals surface area contributed by atoms with Crippen LogP contribution >= 0.6 is 0 Å². The lowest BCUT2D eigenvalue weighted by molar-refractivity contribution is -0.129. The first-order valence-corrected chi connectivity index (χ1v) is 12.5. The SMILES string of the molecule is CC(=O)N1CCC(Nc2cc(-c3ccc4c(ccn4Cc4ccccc4)c3)c3nccnc3c2)CC1. The average Bonchev–Trinajstić information content (AvgIpc) is 3.31. The normalized spacial score (nSPS) is 14.4. The first-order chi connectivity index (χ1) is 17.6. The highest BCUT2D eigenvalue weighted by atomic mass is 16.2. The number of nitrogens with one attached hydrogen (secondary N) is 1. The minimum Gasteiger partial charge on any atom is -0.382 e. The molecule has 3 heterocycles. The number of likely N-dealkylation sites (tertiary alicyclic amines) is 1. The Morgan fingerprint density at radius 1 is 0.972 bits per heavy atom. The summed E-state index contributed by atoms with van der Waals surface area (Å²) in [6.45, 7) is 4.09. The van der Waals surface area contributed by atoms with Crippen molar-refractivity contribution in [2.24, 2.45) is 0 Å². The summed E-state index contributed by atoms with van der Waals surface area (Å²) in [6, 6.07) is 23.9. The van der Waals surface area contributed by atoms with Gasteiger partial charge in [-0.2, -0.15) is 0 Å². The predicted molar refractivity (Wildman–Crippen MR) is 145 cm³/mol. The average molecular weight is 476 g/mol. The number of aromatic nitrogens is 3. The van der Waals surface area contributed by atoms with E-state index < -0.39 is 0 Å². The zero-order valence-electron chi connectivity index (χ0n) is 20.4. The second-order valence-corrected chi connectivity index (χ2v) is 9.58. The van der Waals surface area contributed by atoms with Crippen LogP contribution in [0.4, 0.5) is 5.69 Å². The fourth-order valence-electron chi connectivity index (χ4n) is 5.24. The summed E-state index contributed by atoms with van der Waals surface area (Å²) in [6.07, 6.45) is 7.53. The third-order valence-electron chi connectivity index (χ3n) is 7.16. The molecule has 36 heavy (non-hydrogen) atoms. The third kappa shape index (κ3) is 4.42. The van der Waals surface area contributed by atoms with Gasteiger partial charge in [0.2, 0.25) is 5.91 Å². The fourth-order valence-corrected chi connectivity index (χ4v) is 5.24. The molecule has 180 valence electrons. The first-order valence-electron chi connectivity index (χ1n) is 12.5. The standard InChI is InChI=1S/C30H29N5O/c1-21(36)34-15-10-25(11-16-34)33-26-18-27(30-28(19-26)31-12-13-32-30)23-7-8-29-24(17-23)9-14-35(29)20-22-5-3-2-4-6-22/h2-9,12-14,17-19,25,33H,10-11,15-16,20H2,1H3. The van der Waals surface area contributed by atoms with E-state index in [1.165, 1.54) is 16.5 Å². The monoisotopic (exact) mass is 475 g/mol. The summed E-state index contributed by atoms with van der Waals surface area (Å²) in [5.74, 6) is 0.157. The van der Waals surface area contributed by atoms with Gasteiger partial charge in [0, 0.05) is 73.3 Å². The van der Waals surface area contributed by atoms with Gasteiger partial charge in [0.1, 0.15) is 0 Å². The molecule has 0 aliphatic carbocycles. The number of benzene rings is 3. The van der Waals surface area contributed by atoms with Gasteiger partial charge in [-0.05, 0) is 54.3 Å². The molecular weight excluding hydrogens is 446 g/mol. The van der Waals surface area contributed by atoms with E-state index in [1.54, 1.807) is 19.3 Å². The Labute approximate surface area is 210 Å². The number of amides is 1. The van der Waals surface area contributed by atoms with E-state index in [2.05, 4.69) is 92.8 Å². The van der Waals surface area contributed by atoms with E-state index in [1.807, 2.05) is 4.90 Å². The molecule has 1 fully saturated rings. The van der Waals surface area contributed by atoms with E-state index in [4.69, 9.17) is 0 Å². The number of piperidine rings is 1. The van der Waals surface area contributed by atoms with Crippen LogP contribution in [0.2, 0.25) is 0 Å². The van der Waals surface area contributed by atoms with E-state index in [0.717, 1.165) is 60.3 Å². The Morgan fingerprint density at radius 3 is 2.58 bits per heavy atom. The first kappa shape index (κ1) is 22.3. The van der Waals surface area contributed by atoms with Gasteiger partial charge in [0.15, 0.2) is 0 Å². The number of rotatable bonds is 5. The summed E-state index contributed by atoms with van der Waals surface area (Å²) in [7, 11) is 0. The van der Waals surface area contributed by atoms with Gasteiger partial charge in [-0.25, -0.2) is 0 Å². The smallest absolute Gasteiger partial charge is 0.219 e. The lowest BCUT2D eigenvalue weighted by Gasteiger charge is -2.32. The van der Waals surface area contributed by atoms with Gasteiger partial charge < -0.3 is 14.8 Å². The third-order valence-corrected chi connectivity index (χ3v) is 7.16. The zero-order valence-corrected chi connectivity index (χ0v) is 20.4. The molecule has 0 saturated carbocycles. The van der Waals surface area contributed by atoms with E-state index >= 15 is 0 Å². The molecule has 0 atom stereocenters. The quantitative estimate of drug-likeness (QED) is 0.353. The lowest BCUT2D eigenvalue weighted by atomic mass is 10.00. The van der Waals surface area contributed by atoms with Crippen LogP contribution in [0.3, 0.4) is 0 Å². The molecule has 2 aromatic heterocycles. The van der Waals surface area contributed by atoms with Crippen LogP contribution in [0.15, 0.2) is 85.3 Å². The fraction of sp³-hybridized carbons (Fsp3) is 0.233. The van der Waals surface area contributed by atoms with Gasteiger partial charge in [-0.3, -0.25) is 14.8 Å². The number of carbonyl (C=O) groups excluding carboxylic acids is 1. The molecule has 0 bridgehead atoms. The summed E-state index contributed by atoms with van der Waals surface area (Å²) in [4.78, 5) is 22.9. The van der Waals surface area contributed by atoms with Crippen molar-refractivity contribution in [3.8, 4) is 11.1 Å². The van der Waals surface area contributed by atoms with Crippen LogP contribution in [0.1, 0.15) is 25.3 Å². The molecule has 1 aliphatic heterocycles. The molecule has 5 aromatic rings. The van der Waals surface area contributed by atoms with Crippen molar-refractivity contribution in [1.29, 1.82) is 0 Å². The second kappa shape index (κ2) is 9.46. The second-order valence-electron chi connectivity index (χ2n) is 9.58. The van der Waals surface area contributed by atoms with Gasteiger partial charge >= 0.3 is 0 Å². The van der Waals surface area contributed by atoms with Crippen molar-refractivity contribution in [1.82, 2.24) is 19.4 Å².